The molecule has 0 saturated carbocycles. The fourth-order valence-corrected chi connectivity index (χ4v) is 2.45. The monoisotopic (exact) mass is 359 g/mol. The first-order chi connectivity index (χ1) is 13.1. The molecule has 0 fully saturated rings. The highest BCUT2D eigenvalue weighted by molar-refractivity contribution is 6.04. The molecule has 0 radical (unpaired) electrons. The first kappa shape index (κ1) is 18.3. The topological polar surface area (TPSA) is 47.6 Å². The molecule has 136 valence electrons. The molecule has 0 aliphatic rings. The van der Waals surface area contributed by atoms with Gasteiger partial charge in [-0.3, -0.25) is 4.79 Å². The molecular weight excluding hydrogens is 338 g/mol. The lowest BCUT2D eigenvalue weighted by molar-refractivity contribution is 0.104. The Hall–Kier alpha value is -3.53. The Labute approximate surface area is 159 Å². The van der Waals surface area contributed by atoms with E-state index in [1.807, 2.05) is 79.7 Å². The summed E-state index contributed by atoms with van der Waals surface area (Å²) in [7, 11) is 1.62. The van der Waals surface area contributed by atoms with Crippen LogP contribution in [0.25, 0.3) is 0 Å². The van der Waals surface area contributed by atoms with Crippen LogP contribution >= 0.6 is 0 Å². The van der Waals surface area contributed by atoms with Crippen LogP contribution in [0.4, 0.5) is 5.69 Å². The van der Waals surface area contributed by atoms with Gasteiger partial charge in [0.05, 0.1) is 7.11 Å². The van der Waals surface area contributed by atoms with Crippen LogP contribution in [0.3, 0.4) is 0 Å². The van der Waals surface area contributed by atoms with Crippen molar-refractivity contribution in [3.63, 3.8) is 0 Å². The number of ketones is 1. The first-order valence-corrected chi connectivity index (χ1v) is 8.60. The van der Waals surface area contributed by atoms with Crippen molar-refractivity contribution in [3.8, 4) is 17.2 Å². The largest absolute Gasteiger partial charge is 0.497 e. The molecular formula is C23H21NO3. The lowest BCUT2D eigenvalue weighted by Crippen LogP contribution is -1.96. The van der Waals surface area contributed by atoms with Gasteiger partial charge in [-0.15, -0.1) is 0 Å². The maximum atomic E-state index is 12.1. The molecule has 0 heterocycles. The van der Waals surface area contributed by atoms with Gasteiger partial charge in [0.15, 0.2) is 5.78 Å². The molecule has 0 aliphatic carbocycles. The predicted molar refractivity (Wildman–Crippen MR) is 108 cm³/mol. The average Bonchev–Trinajstić information content (AvgIpc) is 2.70. The van der Waals surface area contributed by atoms with Crippen LogP contribution in [0.15, 0.2) is 85.1 Å². The molecule has 0 unspecified atom stereocenters. The van der Waals surface area contributed by atoms with Crippen LogP contribution in [0, 0.1) is 6.92 Å². The summed E-state index contributed by atoms with van der Waals surface area (Å²) in [6, 6.07) is 22.4. The molecule has 3 aromatic carbocycles. The number of anilines is 1. The fourth-order valence-electron chi connectivity index (χ4n) is 2.45. The van der Waals surface area contributed by atoms with E-state index in [4.69, 9.17) is 9.47 Å². The summed E-state index contributed by atoms with van der Waals surface area (Å²) in [6.07, 6.45) is 3.16. The van der Waals surface area contributed by atoms with E-state index in [9.17, 15) is 4.79 Å². The van der Waals surface area contributed by atoms with Crippen molar-refractivity contribution < 1.29 is 14.3 Å². The maximum Gasteiger partial charge on any atom is 0.187 e. The molecule has 4 nitrogen and oxygen atoms in total. The third-order valence-electron chi connectivity index (χ3n) is 3.95. The summed E-state index contributed by atoms with van der Waals surface area (Å²) in [5.41, 5.74) is 2.66. The van der Waals surface area contributed by atoms with Crippen molar-refractivity contribution in [1.82, 2.24) is 0 Å². The zero-order chi connectivity index (χ0) is 19.1. The second kappa shape index (κ2) is 8.72. The van der Waals surface area contributed by atoms with Gasteiger partial charge in [0.1, 0.15) is 17.2 Å². The number of carbonyl (C=O) groups excluding carboxylic acids is 1. The highest BCUT2D eigenvalue weighted by Gasteiger charge is 2.01. The van der Waals surface area contributed by atoms with Gasteiger partial charge in [-0.05, 0) is 43.3 Å². The van der Waals surface area contributed by atoms with Crippen LogP contribution in [-0.4, -0.2) is 12.9 Å². The van der Waals surface area contributed by atoms with Crippen molar-refractivity contribution in [2.75, 3.05) is 12.4 Å². The van der Waals surface area contributed by atoms with E-state index < -0.39 is 0 Å². The minimum Gasteiger partial charge on any atom is -0.497 e. The van der Waals surface area contributed by atoms with Crippen LogP contribution < -0.4 is 14.8 Å². The average molecular weight is 359 g/mol. The van der Waals surface area contributed by atoms with E-state index in [0.29, 0.717) is 17.1 Å². The van der Waals surface area contributed by atoms with Gasteiger partial charge in [0.2, 0.25) is 0 Å². The Morgan fingerprint density at radius 1 is 0.889 bits per heavy atom. The Morgan fingerprint density at radius 3 is 2.30 bits per heavy atom. The second-order valence-corrected chi connectivity index (χ2v) is 6.01. The molecule has 0 aromatic heterocycles. The molecule has 0 atom stereocenters. The van der Waals surface area contributed by atoms with Crippen molar-refractivity contribution in [3.05, 3.63) is 96.2 Å². The van der Waals surface area contributed by atoms with Crippen molar-refractivity contribution in [2.45, 2.75) is 6.92 Å². The number of benzene rings is 3. The molecule has 4 heteroatoms. The van der Waals surface area contributed by atoms with Crippen LogP contribution in [-0.2, 0) is 0 Å². The SMILES string of the molecule is COc1cccc(Oc2ccc(N/C=C/C(=O)c3ccc(C)cc3)cc2)c1. The highest BCUT2D eigenvalue weighted by atomic mass is 16.5. The third-order valence-corrected chi connectivity index (χ3v) is 3.95. The van der Waals surface area contributed by atoms with Crippen LogP contribution in [0.1, 0.15) is 15.9 Å². The normalized spacial score (nSPS) is 10.6. The molecule has 0 amide bonds. The van der Waals surface area contributed by atoms with Gasteiger partial charge in [0, 0.05) is 29.6 Å². The summed E-state index contributed by atoms with van der Waals surface area (Å²) in [5.74, 6) is 2.13. The van der Waals surface area contributed by atoms with E-state index >= 15 is 0 Å². The summed E-state index contributed by atoms with van der Waals surface area (Å²) in [4.78, 5) is 12.1. The van der Waals surface area contributed by atoms with Crippen molar-refractivity contribution in [2.24, 2.45) is 0 Å². The minimum absolute atomic E-state index is 0.0412. The summed E-state index contributed by atoms with van der Waals surface area (Å²) in [5, 5.41) is 3.09. The highest BCUT2D eigenvalue weighted by Crippen LogP contribution is 2.26. The van der Waals surface area contributed by atoms with E-state index in [0.717, 1.165) is 17.0 Å². The zero-order valence-electron chi connectivity index (χ0n) is 15.3. The molecule has 0 spiro atoms. The van der Waals surface area contributed by atoms with E-state index in [1.165, 1.54) is 6.08 Å². The minimum atomic E-state index is -0.0412. The van der Waals surface area contributed by atoms with Crippen molar-refractivity contribution >= 4 is 11.5 Å². The predicted octanol–water partition coefficient (Wildman–Crippen LogP) is 5.60. The molecule has 3 rings (SSSR count). The zero-order valence-corrected chi connectivity index (χ0v) is 15.3. The van der Waals surface area contributed by atoms with Gasteiger partial charge in [-0.2, -0.15) is 0 Å². The standard InChI is InChI=1S/C23H21NO3/c1-17-6-8-18(9-7-17)23(25)14-15-24-19-10-12-20(13-11-19)27-22-5-3-4-21(16-22)26-2/h3-16,24H,1-2H3/b15-14+. The molecule has 0 aliphatic heterocycles. The van der Waals surface area contributed by atoms with Crippen LogP contribution in [0.2, 0.25) is 0 Å². The van der Waals surface area contributed by atoms with E-state index in [1.54, 1.807) is 13.3 Å². The number of aryl methyl sites for hydroxylation is 1. The second-order valence-electron chi connectivity index (χ2n) is 6.01. The third kappa shape index (κ3) is 5.22. The molecule has 0 saturated heterocycles. The number of hydrogen-bond acceptors (Lipinski definition) is 4. The first-order valence-electron chi connectivity index (χ1n) is 8.60. The lowest BCUT2D eigenvalue weighted by atomic mass is 10.1. The van der Waals surface area contributed by atoms with Gasteiger partial charge < -0.3 is 14.8 Å². The molecule has 3 aromatic rings. The quantitative estimate of drug-likeness (QED) is 0.440. The van der Waals surface area contributed by atoms with Gasteiger partial charge in [-0.25, -0.2) is 0 Å². The number of ether oxygens (including phenoxy) is 2. The fraction of sp³-hybridized carbons (Fsp3) is 0.0870. The number of allylic oxidation sites excluding steroid dienone is 1. The molecule has 27 heavy (non-hydrogen) atoms. The summed E-state index contributed by atoms with van der Waals surface area (Å²) in [6.45, 7) is 1.99. The van der Waals surface area contributed by atoms with Gasteiger partial charge >= 0.3 is 0 Å². The van der Waals surface area contributed by atoms with Gasteiger partial charge in [-0.1, -0.05) is 35.9 Å². The Kier molecular flexibility index (Phi) is 5.90. The Balaban J connectivity index is 1.57. The molecule has 1 N–H and O–H groups in total. The number of rotatable bonds is 7. The summed E-state index contributed by atoms with van der Waals surface area (Å²) >= 11 is 0. The van der Waals surface area contributed by atoms with Gasteiger partial charge in [0.25, 0.3) is 0 Å². The number of methoxy groups -OCH3 is 1. The Morgan fingerprint density at radius 2 is 1.59 bits per heavy atom. The van der Waals surface area contributed by atoms with E-state index in [2.05, 4.69) is 5.32 Å². The number of nitrogens with one attached hydrogen (secondary N) is 1. The van der Waals surface area contributed by atoms with E-state index in [-0.39, 0.29) is 5.78 Å². The summed E-state index contributed by atoms with van der Waals surface area (Å²) < 4.78 is 11.0. The van der Waals surface area contributed by atoms with Crippen molar-refractivity contribution in [1.29, 1.82) is 0 Å². The number of carbonyl (C=O) groups is 1. The number of hydrogen-bond donors (Lipinski definition) is 1. The lowest BCUT2D eigenvalue weighted by Gasteiger charge is -2.08. The van der Waals surface area contributed by atoms with Crippen LogP contribution in [0.5, 0.6) is 17.2 Å². The Bertz CT molecular complexity index is 929. The molecule has 0 bridgehead atoms. The smallest absolute Gasteiger partial charge is 0.187 e. The maximum absolute atomic E-state index is 12.1.